The third-order valence-electron chi connectivity index (χ3n) is 4.63. The number of halogens is 1. The fraction of sp³-hybridized carbons (Fsp3) is 0.400. The van der Waals surface area contributed by atoms with Crippen LogP contribution in [0, 0.1) is 0 Å². The number of carbonyl (C=O) groups excluding carboxylic acids is 1. The van der Waals surface area contributed by atoms with Crippen LogP contribution in [-0.4, -0.2) is 69.2 Å². The topological polar surface area (TPSA) is 51.7 Å². The van der Waals surface area contributed by atoms with Crippen LogP contribution in [0.1, 0.15) is 10.4 Å². The molecule has 1 aliphatic heterocycles. The Morgan fingerprint density at radius 2 is 1.89 bits per heavy atom. The second-order valence-corrected chi connectivity index (χ2v) is 7.35. The van der Waals surface area contributed by atoms with Gasteiger partial charge in [0.1, 0.15) is 5.82 Å². The molecule has 27 heavy (non-hydrogen) atoms. The molecule has 1 amide bonds. The van der Waals surface area contributed by atoms with E-state index in [9.17, 15) is 4.79 Å². The molecule has 0 aliphatic carbocycles. The van der Waals surface area contributed by atoms with Crippen molar-refractivity contribution in [1.29, 1.82) is 0 Å². The van der Waals surface area contributed by atoms with Gasteiger partial charge in [-0.3, -0.25) is 4.79 Å². The molecule has 3 rings (SSSR count). The predicted octanol–water partition coefficient (Wildman–Crippen LogP) is 2.35. The van der Waals surface area contributed by atoms with E-state index in [1.54, 1.807) is 6.20 Å². The number of amides is 1. The summed E-state index contributed by atoms with van der Waals surface area (Å²) in [5.41, 5.74) is 1.75. The van der Waals surface area contributed by atoms with E-state index >= 15 is 0 Å². The first-order valence-electron chi connectivity index (χ1n) is 9.17. The SMILES string of the molecule is CN(C)CCNC(=O)c1ccc(N2CCN(c3cccc(Cl)c3)CC2)nc1. The van der Waals surface area contributed by atoms with Crippen molar-refractivity contribution in [1.82, 2.24) is 15.2 Å². The fourth-order valence-electron chi connectivity index (χ4n) is 3.07. The molecule has 1 saturated heterocycles. The Labute approximate surface area is 165 Å². The molecular weight excluding hydrogens is 362 g/mol. The number of nitrogens with zero attached hydrogens (tertiary/aromatic N) is 4. The van der Waals surface area contributed by atoms with Crippen molar-refractivity contribution in [2.75, 3.05) is 63.2 Å². The van der Waals surface area contributed by atoms with Gasteiger partial charge in [-0.15, -0.1) is 0 Å². The summed E-state index contributed by atoms with van der Waals surface area (Å²) >= 11 is 6.09. The lowest BCUT2D eigenvalue weighted by molar-refractivity contribution is 0.0950. The lowest BCUT2D eigenvalue weighted by Crippen LogP contribution is -2.46. The first kappa shape index (κ1) is 19.5. The molecule has 144 valence electrons. The summed E-state index contributed by atoms with van der Waals surface area (Å²) in [6.45, 7) is 5.03. The largest absolute Gasteiger partial charge is 0.368 e. The minimum Gasteiger partial charge on any atom is -0.368 e. The Morgan fingerprint density at radius 3 is 2.52 bits per heavy atom. The summed E-state index contributed by atoms with van der Waals surface area (Å²) in [4.78, 5) is 23.2. The van der Waals surface area contributed by atoms with Crippen molar-refractivity contribution >= 4 is 29.0 Å². The van der Waals surface area contributed by atoms with E-state index in [4.69, 9.17) is 11.6 Å². The summed E-state index contributed by atoms with van der Waals surface area (Å²) < 4.78 is 0. The second-order valence-electron chi connectivity index (χ2n) is 6.92. The van der Waals surface area contributed by atoms with Crippen LogP contribution in [0.2, 0.25) is 5.02 Å². The maximum absolute atomic E-state index is 12.1. The number of piperazine rings is 1. The molecule has 2 heterocycles. The van der Waals surface area contributed by atoms with Gasteiger partial charge in [0.05, 0.1) is 5.56 Å². The quantitative estimate of drug-likeness (QED) is 0.824. The van der Waals surface area contributed by atoms with Crippen LogP contribution in [-0.2, 0) is 0 Å². The van der Waals surface area contributed by atoms with E-state index in [2.05, 4.69) is 26.2 Å². The highest BCUT2D eigenvalue weighted by atomic mass is 35.5. The first-order valence-corrected chi connectivity index (χ1v) is 9.55. The van der Waals surface area contributed by atoms with Crippen molar-refractivity contribution in [3.63, 3.8) is 0 Å². The fourth-order valence-corrected chi connectivity index (χ4v) is 3.25. The van der Waals surface area contributed by atoms with E-state index in [-0.39, 0.29) is 5.91 Å². The maximum Gasteiger partial charge on any atom is 0.252 e. The van der Waals surface area contributed by atoms with Crippen molar-refractivity contribution in [2.45, 2.75) is 0 Å². The van der Waals surface area contributed by atoms with Gasteiger partial charge in [-0.1, -0.05) is 17.7 Å². The number of benzene rings is 1. The molecule has 0 spiro atoms. The lowest BCUT2D eigenvalue weighted by Gasteiger charge is -2.36. The van der Waals surface area contributed by atoms with Gasteiger partial charge < -0.3 is 20.0 Å². The summed E-state index contributed by atoms with van der Waals surface area (Å²) in [7, 11) is 3.96. The van der Waals surface area contributed by atoms with Crippen molar-refractivity contribution in [3.8, 4) is 0 Å². The molecule has 0 atom stereocenters. The number of rotatable bonds is 6. The normalized spacial score (nSPS) is 14.5. The van der Waals surface area contributed by atoms with Crippen LogP contribution in [0.25, 0.3) is 0 Å². The van der Waals surface area contributed by atoms with Gasteiger partial charge in [0.2, 0.25) is 0 Å². The zero-order valence-electron chi connectivity index (χ0n) is 15.9. The number of likely N-dealkylation sites (N-methyl/N-ethyl adjacent to an activating group) is 1. The Morgan fingerprint density at radius 1 is 1.15 bits per heavy atom. The number of nitrogens with one attached hydrogen (secondary N) is 1. The molecular formula is C20H26ClN5O. The van der Waals surface area contributed by atoms with Gasteiger partial charge in [0, 0.05) is 56.2 Å². The van der Waals surface area contributed by atoms with Crippen LogP contribution in [0.5, 0.6) is 0 Å². The highest BCUT2D eigenvalue weighted by Gasteiger charge is 2.19. The highest BCUT2D eigenvalue weighted by molar-refractivity contribution is 6.30. The Hall–Kier alpha value is -2.31. The molecule has 1 fully saturated rings. The Balaban J connectivity index is 1.53. The van der Waals surface area contributed by atoms with Gasteiger partial charge in [-0.05, 0) is 44.4 Å². The van der Waals surface area contributed by atoms with E-state index in [1.165, 1.54) is 0 Å². The van der Waals surface area contributed by atoms with Crippen LogP contribution >= 0.6 is 11.6 Å². The molecule has 0 saturated carbocycles. The minimum atomic E-state index is -0.0818. The molecule has 1 aromatic carbocycles. The summed E-state index contributed by atoms with van der Waals surface area (Å²) in [6.07, 6.45) is 1.66. The number of hydrogen-bond acceptors (Lipinski definition) is 5. The summed E-state index contributed by atoms with van der Waals surface area (Å²) in [5.74, 6) is 0.826. The molecule has 1 aromatic heterocycles. The molecule has 0 bridgehead atoms. The lowest BCUT2D eigenvalue weighted by atomic mass is 10.2. The maximum atomic E-state index is 12.1. The predicted molar refractivity (Wildman–Crippen MR) is 111 cm³/mol. The van der Waals surface area contributed by atoms with Crippen molar-refractivity contribution in [2.24, 2.45) is 0 Å². The average Bonchev–Trinajstić information content (AvgIpc) is 2.68. The number of aromatic nitrogens is 1. The Kier molecular flexibility index (Phi) is 6.53. The monoisotopic (exact) mass is 387 g/mol. The average molecular weight is 388 g/mol. The van der Waals surface area contributed by atoms with E-state index in [0.29, 0.717) is 12.1 Å². The smallest absolute Gasteiger partial charge is 0.252 e. The number of carbonyl (C=O) groups is 1. The van der Waals surface area contributed by atoms with E-state index in [0.717, 1.165) is 49.3 Å². The van der Waals surface area contributed by atoms with Gasteiger partial charge in [0.25, 0.3) is 5.91 Å². The van der Waals surface area contributed by atoms with Crippen LogP contribution < -0.4 is 15.1 Å². The third-order valence-corrected chi connectivity index (χ3v) is 4.87. The minimum absolute atomic E-state index is 0.0818. The highest BCUT2D eigenvalue weighted by Crippen LogP contribution is 2.22. The zero-order valence-corrected chi connectivity index (χ0v) is 16.6. The van der Waals surface area contributed by atoms with Crippen LogP contribution in [0.4, 0.5) is 11.5 Å². The van der Waals surface area contributed by atoms with E-state index < -0.39 is 0 Å². The molecule has 7 heteroatoms. The molecule has 1 aliphatic rings. The number of anilines is 2. The Bertz CT molecular complexity index is 757. The number of pyridine rings is 1. The number of hydrogen-bond donors (Lipinski definition) is 1. The van der Waals surface area contributed by atoms with Crippen molar-refractivity contribution < 1.29 is 4.79 Å². The van der Waals surface area contributed by atoms with E-state index in [1.807, 2.05) is 49.3 Å². The first-order chi connectivity index (χ1) is 13.0. The van der Waals surface area contributed by atoms with Crippen molar-refractivity contribution in [3.05, 3.63) is 53.2 Å². The second kappa shape index (κ2) is 9.06. The molecule has 6 nitrogen and oxygen atoms in total. The molecule has 2 aromatic rings. The third kappa shape index (κ3) is 5.34. The zero-order chi connectivity index (χ0) is 19.2. The van der Waals surface area contributed by atoms with Gasteiger partial charge in [-0.2, -0.15) is 0 Å². The van der Waals surface area contributed by atoms with Crippen LogP contribution in [0.3, 0.4) is 0 Å². The standard InChI is InChI=1S/C20H26ClN5O/c1-24(2)9-8-22-20(27)16-6-7-19(23-15-16)26-12-10-25(11-13-26)18-5-3-4-17(21)14-18/h3-7,14-15H,8-13H2,1-2H3,(H,22,27). The van der Waals surface area contributed by atoms with Gasteiger partial charge in [0.15, 0.2) is 0 Å². The molecule has 1 N–H and O–H groups in total. The molecule has 0 unspecified atom stereocenters. The molecule has 0 radical (unpaired) electrons. The van der Waals surface area contributed by atoms with Crippen LogP contribution in [0.15, 0.2) is 42.6 Å². The van der Waals surface area contributed by atoms with Gasteiger partial charge in [-0.25, -0.2) is 4.98 Å². The summed E-state index contributed by atoms with van der Waals surface area (Å²) in [5, 5.41) is 3.67. The summed E-state index contributed by atoms with van der Waals surface area (Å²) in [6, 6.07) is 11.7. The van der Waals surface area contributed by atoms with Gasteiger partial charge >= 0.3 is 0 Å².